The molecule has 0 aliphatic rings. The highest BCUT2D eigenvalue weighted by atomic mass is 32.2. The number of anilines is 1. The second kappa shape index (κ2) is 4.32. The summed E-state index contributed by atoms with van der Waals surface area (Å²) in [4.78, 5) is 0. The van der Waals surface area contributed by atoms with Crippen LogP contribution in [-0.2, 0) is 10.0 Å². The molecule has 1 aromatic rings. The van der Waals surface area contributed by atoms with Crippen LogP contribution in [0.2, 0.25) is 0 Å². The van der Waals surface area contributed by atoms with Gasteiger partial charge in [-0.3, -0.25) is 4.72 Å². The highest BCUT2D eigenvalue weighted by Gasteiger charge is 2.46. The van der Waals surface area contributed by atoms with Crippen molar-refractivity contribution in [2.45, 2.75) is 5.51 Å². The minimum Gasteiger partial charge on any atom is -0.508 e. The van der Waals surface area contributed by atoms with Gasteiger partial charge in [-0.25, -0.2) is 0 Å². The van der Waals surface area contributed by atoms with E-state index >= 15 is 0 Å². The molecule has 0 saturated carbocycles. The van der Waals surface area contributed by atoms with Crippen LogP contribution in [0.25, 0.3) is 0 Å². The minimum atomic E-state index is -5.51. The Morgan fingerprint density at radius 3 is 2.41 bits per heavy atom. The summed E-state index contributed by atoms with van der Waals surface area (Å²) in [6.07, 6.45) is 0. The van der Waals surface area contributed by atoms with Gasteiger partial charge in [-0.05, 0) is 12.1 Å². The van der Waals surface area contributed by atoms with Gasteiger partial charge in [0.25, 0.3) is 0 Å². The van der Waals surface area contributed by atoms with Gasteiger partial charge in [0.1, 0.15) is 11.5 Å². The molecule has 0 unspecified atom stereocenters. The van der Waals surface area contributed by atoms with Crippen LogP contribution < -0.4 is 9.46 Å². The summed E-state index contributed by atoms with van der Waals surface area (Å²) in [5.41, 5.74) is -5.83. The molecule has 1 aromatic carbocycles. The number of ether oxygens (including phenoxy) is 1. The van der Waals surface area contributed by atoms with E-state index in [2.05, 4.69) is 4.74 Å². The fourth-order valence-corrected chi connectivity index (χ4v) is 1.54. The van der Waals surface area contributed by atoms with Crippen LogP contribution in [0.15, 0.2) is 18.2 Å². The molecule has 1 rings (SSSR count). The topological polar surface area (TPSA) is 75.6 Å². The van der Waals surface area contributed by atoms with Gasteiger partial charge in [0.15, 0.2) is 0 Å². The second-order valence-corrected chi connectivity index (χ2v) is 4.61. The van der Waals surface area contributed by atoms with Gasteiger partial charge in [0.2, 0.25) is 0 Å². The van der Waals surface area contributed by atoms with Crippen molar-refractivity contribution >= 4 is 15.7 Å². The molecule has 0 aliphatic heterocycles. The van der Waals surface area contributed by atoms with Crippen molar-refractivity contribution in [2.24, 2.45) is 0 Å². The van der Waals surface area contributed by atoms with Crippen LogP contribution in [0.4, 0.5) is 18.9 Å². The molecule has 2 N–H and O–H groups in total. The molecule has 96 valence electrons. The zero-order valence-electron chi connectivity index (χ0n) is 8.45. The molecule has 0 atom stereocenters. The van der Waals surface area contributed by atoms with Gasteiger partial charge < -0.3 is 9.84 Å². The SMILES string of the molecule is COc1cc(O)ccc1NS(=O)(=O)C(F)(F)F. The highest BCUT2D eigenvalue weighted by Crippen LogP contribution is 2.32. The molecule has 9 heteroatoms. The van der Waals surface area contributed by atoms with Crippen molar-refractivity contribution in [1.29, 1.82) is 0 Å². The Kier molecular flexibility index (Phi) is 3.41. The second-order valence-electron chi connectivity index (χ2n) is 2.94. The molecule has 0 saturated heterocycles. The number of sulfonamides is 1. The standard InChI is InChI=1S/C8H8F3NO4S/c1-16-7-4-5(13)2-3-6(7)12-17(14,15)8(9,10)11/h2-4,12-13H,1H3. The van der Waals surface area contributed by atoms with Gasteiger partial charge in [-0.2, -0.15) is 21.6 Å². The predicted molar refractivity (Wildman–Crippen MR) is 53.3 cm³/mol. The molecule has 0 radical (unpaired) electrons. The lowest BCUT2D eigenvalue weighted by Gasteiger charge is -2.13. The number of alkyl halides is 3. The third-order valence-corrected chi connectivity index (χ3v) is 2.83. The lowest BCUT2D eigenvalue weighted by molar-refractivity contribution is -0.0429. The van der Waals surface area contributed by atoms with E-state index in [0.717, 1.165) is 25.3 Å². The molecule has 0 heterocycles. The zero-order chi connectivity index (χ0) is 13.3. The molecule has 0 bridgehead atoms. The maximum atomic E-state index is 12.1. The van der Waals surface area contributed by atoms with E-state index in [1.54, 1.807) is 0 Å². The Morgan fingerprint density at radius 2 is 1.94 bits per heavy atom. The highest BCUT2D eigenvalue weighted by molar-refractivity contribution is 7.93. The zero-order valence-corrected chi connectivity index (χ0v) is 9.26. The third kappa shape index (κ3) is 2.93. The van der Waals surface area contributed by atoms with Gasteiger partial charge in [0.05, 0.1) is 12.8 Å². The summed E-state index contributed by atoms with van der Waals surface area (Å²) < 4.78 is 63.9. The largest absolute Gasteiger partial charge is 0.516 e. The number of benzene rings is 1. The Bertz CT molecular complexity index is 512. The Hall–Kier alpha value is -1.64. The monoisotopic (exact) mass is 271 g/mol. The van der Waals surface area contributed by atoms with Crippen LogP contribution in [0, 0.1) is 0 Å². The first-order valence-electron chi connectivity index (χ1n) is 4.13. The lowest BCUT2D eigenvalue weighted by atomic mass is 10.3. The first-order chi connectivity index (χ1) is 7.67. The number of phenolic OH excluding ortho intramolecular Hbond substituents is 1. The summed E-state index contributed by atoms with van der Waals surface area (Å²) in [6, 6.07) is 2.96. The molecule has 17 heavy (non-hydrogen) atoms. The van der Waals surface area contributed by atoms with Gasteiger partial charge in [0, 0.05) is 6.07 Å². The van der Waals surface area contributed by atoms with Crippen molar-refractivity contribution in [3.8, 4) is 11.5 Å². The van der Waals surface area contributed by atoms with Gasteiger partial charge in [-0.1, -0.05) is 0 Å². The van der Waals surface area contributed by atoms with Gasteiger partial charge >= 0.3 is 15.5 Å². The van der Waals surface area contributed by atoms with Crippen molar-refractivity contribution in [3.05, 3.63) is 18.2 Å². The summed E-state index contributed by atoms with van der Waals surface area (Å²) in [5, 5.41) is 9.05. The van der Waals surface area contributed by atoms with Crippen molar-refractivity contribution < 1.29 is 31.4 Å². The quantitative estimate of drug-likeness (QED) is 0.820. The molecular weight excluding hydrogens is 263 g/mol. The van der Waals surface area contributed by atoms with Crippen LogP contribution in [-0.4, -0.2) is 26.1 Å². The number of aromatic hydroxyl groups is 1. The lowest BCUT2D eigenvalue weighted by Crippen LogP contribution is -2.30. The average molecular weight is 271 g/mol. The minimum absolute atomic E-state index is 0.224. The molecule has 0 spiro atoms. The van der Waals surface area contributed by atoms with Gasteiger partial charge in [-0.15, -0.1) is 0 Å². The van der Waals surface area contributed by atoms with E-state index in [4.69, 9.17) is 5.11 Å². The smallest absolute Gasteiger partial charge is 0.508 e. The van der Waals surface area contributed by atoms with E-state index in [-0.39, 0.29) is 11.5 Å². The van der Waals surface area contributed by atoms with E-state index < -0.39 is 21.2 Å². The van der Waals surface area contributed by atoms with Crippen LogP contribution in [0.3, 0.4) is 0 Å². The van der Waals surface area contributed by atoms with Crippen LogP contribution in [0.5, 0.6) is 11.5 Å². The number of hydrogen-bond acceptors (Lipinski definition) is 4. The number of methoxy groups -OCH3 is 1. The first kappa shape index (κ1) is 13.4. The Labute approximate surface area is 94.9 Å². The third-order valence-electron chi connectivity index (χ3n) is 1.73. The van der Waals surface area contributed by atoms with E-state index in [1.165, 1.54) is 4.72 Å². The molecule has 0 fully saturated rings. The number of hydrogen-bond donors (Lipinski definition) is 2. The van der Waals surface area contributed by atoms with E-state index in [1.807, 2.05) is 0 Å². The maximum Gasteiger partial charge on any atom is 0.516 e. The van der Waals surface area contributed by atoms with E-state index in [9.17, 15) is 21.6 Å². The van der Waals surface area contributed by atoms with Crippen molar-refractivity contribution in [1.82, 2.24) is 0 Å². The molecule has 5 nitrogen and oxygen atoms in total. The first-order valence-corrected chi connectivity index (χ1v) is 5.62. The molecule has 0 aromatic heterocycles. The van der Waals surface area contributed by atoms with E-state index in [0.29, 0.717) is 0 Å². The number of nitrogens with one attached hydrogen (secondary N) is 1. The molecule has 0 aliphatic carbocycles. The van der Waals surface area contributed by atoms with Crippen LogP contribution in [0.1, 0.15) is 0 Å². The maximum absolute atomic E-state index is 12.1. The average Bonchev–Trinajstić information content (AvgIpc) is 2.18. The number of halogens is 3. The summed E-state index contributed by atoms with van der Waals surface area (Å²) in [5.74, 6) is -0.491. The molecular formula is C8H8F3NO4S. The fourth-order valence-electron chi connectivity index (χ4n) is 0.967. The fraction of sp³-hybridized carbons (Fsp3) is 0.250. The van der Waals surface area contributed by atoms with Crippen LogP contribution >= 0.6 is 0 Å². The summed E-state index contributed by atoms with van der Waals surface area (Å²) >= 11 is 0. The Morgan fingerprint density at radius 1 is 1.35 bits per heavy atom. The normalized spacial score (nSPS) is 12.2. The molecule has 0 amide bonds. The summed E-state index contributed by atoms with van der Waals surface area (Å²) in [7, 11) is -4.38. The number of phenols is 1. The Balaban J connectivity index is 3.13. The van der Waals surface area contributed by atoms with Crippen molar-refractivity contribution in [3.63, 3.8) is 0 Å². The predicted octanol–water partition coefficient (Wildman–Crippen LogP) is 1.66. The summed E-state index contributed by atoms with van der Waals surface area (Å²) in [6.45, 7) is 0. The van der Waals surface area contributed by atoms with Crippen molar-refractivity contribution in [2.75, 3.05) is 11.8 Å². The number of rotatable bonds is 3.